The molecule has 0 bridgehead atoms. The summed E-state index contributed by atoms with van der Waals surface area (Å²) in [5, 5.41) is 5.40. The van der Waals surface area contributed by atoms with Crippen molar-refractivity contribution in [2.45, 2.75) is 13.5 Å². The van der Waals surface area contributed by atoms with Crippen LogP contribution in [0.25, 0.3) is 11.0 Å². The molecule has 8 heteroatoms. The molecule has 1 N–H and O–H groups in total. The number of nitrogens with zero attached hydrogens (tertiary/aromatic N) is 4. The molecule has 0 aliphatic heterocycles. The van der Waals surface area contributed by atoms with E-state index in [2.05, 4.69) is 20.9 Å². The Bertz CT molecular complexity index is 738. The Morgan fingerprint density at radius 3 is 2.81 bits per heavy atom. The SMILES string of the molecule is Cc1nn(C)c2ncc(CN(C)CCNS(C)(=O)=O)cc12. The number of aromatic nitrogens is 3. The van der Waals surface area contributed by atoms with Crippen molar-refractivity contribution < 1.29 is 8.42 Å². The van der Waals surface area contributed by atoms with Gasteiger partial charge in [-0.25, -0.2) is 18.1 Å². The van der Waals surface area contributed by atoms with Crippen molar-refractivity contribution in [2.24, 2.45) is 7.05 Å². The van der Waals surface area contributed by atoms with E-state index in [1.54, 1.807) is 4.68 Å². The second-order valence-electron chi connectivity index (χ2n) is 5.33. The molecule has 2 aromatic rings. The first kappa shape index (κ1) is 15.9. The van der Waals surface area contributed by atoms with E-state index in [9.17, 15) is 8.42 Å². The first-order chi connectivity index (χ1) is 9.76. The van der Waals surface area contributed by atoms with E-state index in [1.807, 2.05) is 32.1 Å². The highest BCUT2D eigenvalue weighted by Crippen LogP contribution is 2.17. The molecule has 0 aromatic carbocycles. The fraction of sp³-hybridized carbons (Fsp3) is 0.538. The van der Waals surface area contributed by atoms with Gasteiger partial charge < -0.3 is 4.90 Å². The minimum absolute atomic E-state index is 0.400. The monoisotopic (exact) mass is 311 g/mol. The molecule has 0 unspecified atom stereocenters. The summed E-state index contributed by atoms with van der Waals surface area (Å²) in [7, 11) is 0.704. The van der Waals surface area contributed by atoms with Crippen LogP contribution in [-0.4, -0.2) is 54.5 Å². The van der Waals surface area contributed by atoms with Gasteiger partial charge in [-0.3, -0.25) is 4.68 Å². The van der Waals surface area contributed by atoms with Crippen molar-refractivity contribution in [3.63, 3.8) is 0 Å². The maximum atomic E-state index is 11.0. The summed E-state index contributed by atoms with van der Waals surface area (Å²) in [4.78, 5) is 6.48. The van der Waals surface area contributed by atoms with Crippen LogP contribution >= 0.6 is 0 Å². The van der Waals surface area contributed by atoms with Crippen LogP contribution in [0.4, 0.5) is 0 Å². The Hall–Kier alpha value is -1.51. The molecule has 0 spiro atoms. The number of pyridine rings is 1. The molecule has 0 fully saturated rings. The third-order valence-corrected chi connectivity index (χ3v) is 3.96. The van der Waals surface area contributed by atoms with E-state index in [4.69, 9.17) is 0 Å². The Morgan fingerprint density at radius 2 is 2.14 bits per heavy atom. The first-order valence-corrected chi connectivity index (χ1v) is 8.57. The van der Waals surface area contributed by atoms with Crippen molar-refractivity contribution in [1.29, 1.82) is 0 Å². The summed E-state index contributed by atoms with van der Waals surface area (Å²) in [6, 6.07) is 2.09. The van der Waals surface area contributed by atoms with Crippen molar-refractivity contribution >= 4 is 21.1 Å². The zero-order valence-corrected chi connectivity index (χ0v) is 13.6. The molecule has 0 amide bonds. The number of sulfonamides is 1. The number of aryl methyl sites for hydroxylation is 2. The van der Waals surface area contributed by atoms with Crippen LogP contribution in [0.5, 0.6) is 0 Å². The molecular weight excluding hydrogens is 290 g/mol. The van der Waals surface area contributed by atoms with Gasteiger partial charge in [-0.2, -0.15) is 5.10 Å². The fourth-order valence-electron chi connectivity index (χ4n) is 2.25. The lowest BCUT2D eigenvalue weighted by molar-refractivity contribution is 0.332. The Balaban J connectivity index is 2.01. The lowest BCUT2D eigenvalue weighted by atomic mass is 10.2. The molecule has 2 aromatic heterocycles. The molecule has 0 saturated heterocycles. The van der Waals surface area contributed by atoms with Gasteiger partial charge in [0.05, 0.1) is 11.9 Å². The molecule has 0 radical (unpaired) electrons. The first-order valence-electron chi connectivity index (χ1n) is 6.67. The van der Waals surface area contributed by atoms with E-state index < -0.39 is 10.0 Å². The second-order valence-corrected chi connectivity index (χ2v) is 7.16. The predicted molar refractivity (Wildman–Crippen MR) is 82.4 cm³/mol. The average molecular weight is 311 g/mol. The van der Waals surface area contributed by atoms with Gasteiger partial charge in [-0.1, -0.05) is 0 Å². The zero-order valence-electron chi connectivity index (χ0n) is 12.8. The minimum Gasteiger partial charge on any atom is -0.301 e. The van der Waals surface area contributed by atoms with Gasteiger partial charge in [0.25, 0.3) is 0 Å². The standard InChI is InChI=1S/C13H21N5O2S/c1-10-12-7-11(8-14-13(12)18(3)16-10)9-17(2)6-5-15-21(4,19)20/h7-8,15H,5-6,9H2,1-4H3. The van der Waals surface area contributed by atoms with Crippen LogP contribution in [0.15, 0.2) is 12.3 Å². The van der Waals surface area contributed by atoms with Crippen molar-refractivity contribution in [1.82, 2.24) is 24.4 Å². The van der Waals surface area contributed by atoms with Gasteiger partial charge in [-0.15, -0.1) is 0 Å². The van der Waals surface area contributed by atoms with E-state index in [0.29, 0.717) is 19.6 Å². The number of nitrogens with one attached hydrogen (secondary N) is 1. The molecule has 0 saturated carbocycles. The Morgan fingerprint density at radius 1 is 1.43 bits per heavy atom. The Kier molecular flexibility index (Phi) is 4.60. The van der Waals surface area contributed by atoms with Crippen LogP contribution < -0.4 is 4.72 Å². The smallest absolute Gasteiger partial charge is 0.208 e. The number of fused-ring (bicyclic) bond motifs is 1. The van der Waals surface area contributed by atoms with Crippen molar-refractivity contribution in [3.05, 3.63) is 23.5 Å². The number of likely N-dealkylation sites (N-methyl/N-ethyl adjacent to an activating group) is 1. The molecule has 2 heterocycles. The molecule has 0 aliphatic rings. The van der Waals surface area contributed by atoms with E-state index in [-0.39, 0.29) is 0 Å². The van der Waals surface area contributed by atoms with Gasteiger partial charge in [0, 0.05) is 38.3 Å². The highest BCUT2D eigenvalue weighted by molar-refractivity contribution is 7.88. The lowest BCUT2D eigenvalue weighted by Gasteiger charge is -2.16. The maximum Gasteiger partial charge on any atom is 0.208 e. The quantitative estimate of drug-likeness (QED) is 0.827. The van der Waals surface area contributed by atoms with Gasteiger partial charge in [0.15, 0.2) is 5.65 Å². The number of hydrogen-bond acceptors (Lipinski definition) is 5. The largest absolute Gasteiger partial charge is 0.301 e. The molecule has 116 valence electrons. The van der Waals surface area contributed by atoms with Crippen LogP contribution in [0.2, 0.25) is 0 Å². The minimum atomic E-state index is -3.12. The molecular formula is C13H21N5O2S. The third kappa shape index (κ3) is 4.23. The predicted octanol–water partition coefficient (Wildman–Crippen LogP) is 0.258. The highest BCUT2D eigenvalue weighted by atomic mass is 32.2. The van der Waals surface area contributed by atoms with Gasteiger partial charge in [0.1, 0.15) is 0 Å². The molecule has 21 heavy (non-hydrogen) atoms. The van der Waals surface area contributed by atoms with Crippen molar-refractivity contribution in [3.8, 4) is 0 Å². The normalized spacial score (nSPS) is 12.4. The van der Waals surface area contributed by atoms with E-state index in [0.717, 1.165) is 28.5 Å². The molecule has 0 aliphatic carbocycles. The second kappa shape index (κ2) is 6.08. The molecule has 2 rings (SSSR count). The van der Waals surface area contributed by atoms with Crippen molar-refractivity contribution in [2.75, 3.05) is 26.4 Å². The average Bonchev–Trinajstić information content (AvgIpc) is 2.63. The number of hydrogen-bond donors (Lipinski definition) is 1. The van der Waals surface area contributed by atoms with Gasteiger partial charge >= 0.3 is 0 Å². The summed E-state index contributed by atoms with van der Waals surface area (Å²) >= 11 is 0. The summed E-state index contributed by atoms with van der Waals surface area (Å²) in [6.45, 7) is 3.71. The third-order valence-electron chi connectivity index (χ3n) is 3.23. The summed E-state index contributed by atoms with van der Waals surface area (Å²) < 4.78 is 26.3. The van der Waals surface area contributed by atoms with Crippen LogP contribution in [0.1, 0.15) is 11.3 Å². The molecule has 0 atom stereocenters. The fourth-order valence-corrected chi connectivity index (χ4v) is 2.71. The number of rotatable bonds is 6. The zero-order chi connectivity index (χ0) is 15.6. The summed E-state index contributed by atoms with van der Waals surface area (Å²) in [5.41, 5.74) is 2.92. The van der Waals surface area contributed by atoms with Crippen LogP contribution in [0, 0.1) is 6.92 Å². The summed E-state index contributed by atoms with van der Waals surface area (Å²) in [6.07, 6.45) is 3.00. The molecule has 7 nitrogen and oxygen atoms in total. The van der Waals surface area contributed by atoms with Gasteiger partial charge in [0.2, 0.25) is 10.0 Å². The lowest BCUT2D eigenvalue weighted by Crippen LogP contribution is -2.32. The van der Waals surface area contributed by atoms with Gasteiger partial charge in [-0.05, 0) is 25.6 Å². The summed E-state index contributed by atoms with van der Waals surface area (Å²) in [5.74, 6) is 0. The topological polar surface area (TPSA) is 80.1 Å². The maximum absolute atomic E-state index is 11.0. The van der Waals surface area contributed by atoms with Crippen LogP contribution in [-0.2, 0) is 23.6 Å². The van der Waals surface area contributed by atoms with E-state index in [1.165, 1.54) is 0 Å². The van der Waals surface area contributed by atoms with E-state index >= 15 is 0 Å². The van der Waals surface area contributed by atoms with Crippen LogP contribution in [0.3, 0.4) is 0 Å². The highest BCUT2D eigenvalue weighted by Gasteiger charge is 2.09. The Labute approximate surface area is 125 Å².